The van der Waals surface area contributed by atoms with Crippen LogP contribution in [0.1, 0.15) is 31.6 Å². The summed E-state index contributed by atoms with van der Waals surface area (Å²) in [5.41, 5.74) is 2.91. The van der Waals surface area contributed by atoms with E-state index < -0.39 is 0 Å². The Morgan fingerprint density at radius 3 is 2.86 bits per heavy atom. The molecule has 1 rings (SSSR count). The molecule has 1 aromatic rings. The van der Waals surface area contributed by atoms with E-state index in [1.807, 2.05) is 0 Å². The van der Waals surface area contributed by atoms with Gasteiger partial charge >= 0.3 is 0 Å². The Balaban J connectivity index is 2.39. The van der Waals surface area contributed by atoms with Crippen LogP contribution in [-0.2, 0) is 6.42 Å². The van der Waals surface area contributed by atoms with E-state index in [9.17, 15) is 0 Å². The summed E-state index contributed by atoms with van der Waals surface area (Å²) in [5, 5.41) is 2.12. The minimum absolute atomic E-state index is 0.420. The van der Waals surface area contributed by atoms with Crippen LogP contribution >= 0.6 is 11.3 Å². The van der Waals surface area contributed by atoms with Gasteiger partial charge in [0.05, 0.1) is 0 Å². The van der Waals surface area contributed by atoms with Gasteiger partial charge in [0.15, 0.2) is 0 Å². The average Bonchev–Trinajstić information content (AvgIpc) is 2.69. The third-order valence-corrected chi connectivity index (χ3v) is 3.55. The molecule has 0 saturated carbocycles. The van der Waals surface area contributed by atoms with Crippen LogP contribution in [0.2, 0.25) is 0 Å². The van der Waals surface area contributed by atoms with Gasteiger partial charge in [-0.15, -0.1) is 11.3 Å². The molecule has 0 bridgehead atoms. The normalized spacial score (nSPS) is 15.4. The van der Waals surface area contributed by atoms with Gasteiger partial charge in [-0.05, 0) is 30.2 Å². The van der Waals surface area contributed by atoms with E-state index in [1.165, 1.54) is 11.3 Å². The number of nitrogens with one attached hydrogen (secondary N) is 1. The molecule has 0 fully saturated rings. The first kappa shape index (κ1) is 11.7. The molecule has 0 spiro atoms. The minimum Gasteiger partial charge on any atom is -0.271 e. The Morgan fingerprint density at radius 2 is 2.36 bits per heavy atom. The molecule has 0 aliphatic carbocycles. The maximum absolute atomic E-state index is 5.55. The summed E-state index contributed by atoms with van der Waals surface area (Å²) in [4.78, 5) is 1.41. The summed E-state index contributed by atoms with van der Waals surface area (Å²) in [6, 6.07) is 4.69. The number of thiophene rings is 1. The molecule has 3 N–H and O–H groups in total. The largest absolute Gasteiger partial charge is 0.271 e. The summed E-state index contributed by atoms with van der Waals surface area (Å²) in [6.07, 6.45) is 3.44. The average molecular weight is 212 g/mol. The van der Waals surface area contributed by atoms with Gasteiger partial charge in [0.1, 0.15) is 0 Å². The Kier molecular flexibility index (Phi) is 5.15. The van der Waals surface area contributed by atoms with Crippen molar-refractivity contribution in [3.8, 4) is 0 Å². The zero-order valence-corrected chi connectivity index (χ0v) is 9.81. The van der Waals surface area contributed by atoms with E-state index in [4.69, 9.17) is 5.84 Å². The lowest BCUT2D eigenvalue weighted by Crippen LogP contribution is -2.37. The van der Waals surface area contributed by atoms with Gasteiger partial charge in [-0.2, -0.15) is 0 Å². The van der Waals surface area contributed by atoms with Gasteiger partial charge in [0.2, 0.25) is 0 Å². The molecule has 80 valence electrons. The molecular weight excluding hydrogens is 192 g/mol. The van der Waals surface area contributed by atoms with Crippen molar-refractivity contribution < 1.29 is 0 Å². The number of hydrogen-bond acceptors (Lipinski definition) is 3. The molecule has 1 aromatic heterocycles. The summed E-state index contributed by atoms with van der Waals surface area (Å²) in [7, 11) is 0. The monoisotopic (exact) mass is 212 g/mol. The molecule has 2 atom stereocenters. The maximum Gasteiger partial charge on any atom is 0.0261 e. The molecule has 0 radical (unpaired) electrons. The van der Waals surface area contributed by atoms with Gasteiger partial charge < -0.3 is 0 Å². The molecule has 2 unspecified atom stereocenters. The van der Waals surface area contributed by atoms with Crippen LogP contribution in [0.4, 0.5) is 0 Å². The van der Waals surface area contributed by atoms with Crippen molar-refractivity contribution in [3.05, 3.63) is 22.4 Å². The van der Waals surface area contributed by atoms with Crippen molar-refractivity contribution in [2.45, 2.75) is 39.2 Å². The van der Waals surface area contributed by atoms with Crippen molar-refractivity contribution in [3.63, 3.8) is 0 Å². The van der Waals surface area contributed by atoms with Crippen molar-refractivity contribution in [1.82, 2.24) is 5.43 Å². The van der Waals surface area contributed by atoms with Crippen LogP contribution in [-0.4, -0.2) is 6.04 Å². The smallest absolute Gasteiger partial charge is 0.0261 e. The third kappa shape index (κ3) is 3.78. The number of hydrogen-bond donors (Lipinski definition) is 2. The van der Waals surface area contributed by atoms with Gasteiger partial charge in [-0.3, -0.25) is 11.3 Å². The topological polar surface area (TPSA) is 38.0 Å². The van der Waals surface area contributed by atoms with Crippen molar-refractivity contribution in [2.75, 3.05) is 0 Å². The molecule has 0 aliphatic rings. The van der Waals surface area contributed by atoms with Crippen LogP contribution in [0.3, 0.4) is 0 Å². The first-order valence-electron chi connectivity index (χ1n) is 5.24. The molecule has 3 heteroatoms. The fraction of sp³-hybridized carbons (Fsp3) is 0.636. The minimum atomic E-state index is 0.420. The van der Waals surface area contributed by atoms with Crippen molar-refractivity contribution in [2.24, 2.45) is 11.8 Å². The highest BCUT2D eigenvalue weighted by atomic mass is 32.1. The summed E-state index contributed by atoms with van der Waals surface area (Å²) in [6.45, 7) is 4.50. The molecular formula is C11H20N2S. The van der Waals surface area contributed by atoms with Crippen LogP contribution in [0, 0.1) is 5.92 Å². The zero-order chi connectivity index (χ0) is 10.4. The van der Waals surface area contributed by atoms with E-state index in [-0.39, 0.29) is 0 Å². The van der Waals surface area contributed by atoms with E-state index in [0.717, 1.165) is 18.8 Å². The molecule has 1 heterocycles. The Morgan fingerprint density at radius 1 is 1.57 bits per heavy atom. The van der Waals surface area contributed by atoms with Crippen molar-refractivity contribution in [1.29, 1.82) is 0 Å². The number of rotatable bonds is 6. The highest BCUT2D eigenvalue weighted by Crippen LogP contribution is 2.16. The quantitative estimate of drug-likeness (QED) is 0.562. The van der Waals surface area contributed by atoms with E-state index in [1.54, 1.807) is 11.3 Å². The predicted molar refractivity (Wildman–Crippen MR) is 63.2 cm³/mol. The lowest BCUT2D eigenvalue weighted by atomic mass is 9.97. The molecule has 0 aromatic carbocycles. The van der Waals surface area contributed by atoms with Gasteiger partial charge in [0.25, 0.3) is 0 Å². The van der Waals surface area contributed by atoms with Gasteiger partial charge in [-0.25, -0.2) is 0 Å². The molecule has 0 saturated heterocycles. The van der Waals surface area contributed by atoms with Crippen LogP contribution < -0.4 is 11.3 Å². The Labute approximate surface area is 90.5 Å². The first-order chi connectivity index (χ1) is 6.76. The second-order valence-corrected chi connectivity index (χ2v) is 4.93. The second kappa shape index (κ2) is 6.17. The van der Waals surface area contributed by atoms with Gasteiger partial charge in [0, 0.05) is 10.9 Å². The summed E-state index contributed by atoms with van der Waals surface area (Å²) < 4.78 is 0. The highest BCUT2D eigenvalue weighted by Gasteiger charge is 2.11. The SMILES string of the molecule is CCC(C)CC(Cc1cccs1)NN. The second-order valence-electron chi connectivity index (χ2n) is 3.90. The van der Waals surface area contributed by atoms with E-state index in [2.05, 4.69) is 36.8 Å². The third-order valence-electron chi connectivity index (χ3n) is 2.65. The maximum atomic E-state index is 5.55. The van der Waals surface area contributed by atoms with Gasteiger partial charge in [-0.1, -0.05) is 26.3 Å². The van der Waals surface area contributed by atoms with E-state index in [0.29, 0.717) is 6.04 Å². The molecule has 14 heavy (non-hydrogen) atoms. The van der Waals surface area contributed by atoms with Crippen LogP contribution in [0.15, 0.2) is 17.5 Å². The number of nitrogens with two attached hydrogens (primary N) is 1. The highest BCUT2D eigenvalue weighted by molar-refractivity contribution is 7.09. The molecule has 2 nitrogen and oxygen atoms in total. The summed E-state index contributed by atoms with van der Waals surface area (Å²) >= 11 is 1.81. The lowest BCUT2D eigenvalue weighted by molar-refractivity contribution is 0.398. The number of hydrazine groups is 1. The zero-order valence-electron chi connectivity index (χ0n) is 8.99. The Bertz CT molecular complexity index is 233. The van der Waals surface area contributed by atoms with Crippen LogP contribution in [0.25, 0.3) is 0 Å². The van der Waals surface area contributed by atoms with E-state index >= 15 is 0 Å². The fourth-order valence-corrected chi connectivity index (χ4v) is 2.32. The molecule has 0 aliphatic heterocycles. The molecule has 0 amide bonds. The van der Waals surface area contributed by atoms with Crippen LogP contribution in [0.5, 0.6) is 0 Å². The lowest BCUT2D eigenvalue weighted by Gasteiger charge is -2.18. The predicted octanol–water partition coefficient (Wildman–Crippen LogP) is 2.56. The Hall–Kier alpha value is -0.380. The fourth-order valence-electron chi connectivity index (χ4n) is 1.53. The van der Waals surface area contributed by atoms with Crippen molar-refractivity contribution >= 4 is 11.3 Å². The standard InChI is InChI=1S/C11H20N2S/c1-3-9(2)7-10(13-12)8-11-5-4-6-14-11/h4-6,9-10,13H,3,7-8,12H2,1-2H3. The summed E-state index contributed by atoms with van der Waals surface area (Å²) in [5.74, 6) is 6.29. The first-order valence-corrected chi connectivity index (χ1v) is 6.12.